The number of ether oxygens (including phenoxy) is 2. The van der Waals surface area contributed by atoms with Crippen molar-refractivity contribution in [3.05, 3.63) is 48.0 Å². The average molecular weight is 351 g/mol. The lowest BCUT2D eigenvalue weighted by Gasteiger charge is -2.24. The van der Waals surface area contributed by atoms with Gasteiger partial charge in [0.05, 0.1) is 11.6 Å². The molecule has 1 N–H and O–H groups in total. The van der Waals surface area contributed by atoms with Gasteiger partial charge in [-0.2, -0.15) is 5.26 Å². The first-order valence-corrected chi connectivity index (χ1v) is 8.04. The van der Waals surface area contributed by atoms with Gasteiger partial charge in [0.25, 0.3) is 0 Å². The zero-order chi connectivity index (χ0) is 18.5. The molecule has 0 fully saturated rings. The molecule has 2 aromatic rings. The monoisotopic (exact) mass is 351 g/mol. The van der Waals surface area contributed by atoms with E-state index in [-0.39, 0.29) is 18.4 Å². The van der Waals surface area contributed by atoms with Crippen molar-refractivity contribution in [1.29, 1.82) is 5.26 Å². The first-order valence-electron chi connectivity index (χ1n) is 8.04. The Balaban J connectivity index is 1.75. The fraction of sp³-hybridized carbons (Fsp3) is 0.211. The van der Waals surface area contributed by atoms with Crippen molar-refractivity contribution in [3.8, 4) is 17.6 Å². The summed E-state index contributed by atoms with van der Waals surface area (Å²) in [4.78, 5) is 25.7. The number of nitriles is 1. The Morgan fingerprint density at radius 1 is 1.15 bits per heavy atom. The van der Waals surface area contributed by atoms with E-state index >= 15 is 0 Å². The van der Waals surface area contributed by atoms with E-state index in [1.54, 1.807) is 42.5 Å². The first kappa shape index (κ1) is 17.3. The van der Waals surface area contributed by atoms with Crippen LogP contribution in [0.5, 0.6) is 11.5 Å². The number of amides is 2. The van der Waals surface area contributed by atoms with Gasteiger partial charge in [-0.15, -0.1) is 0 Å². The summed E-state index contributed by atoms with van der Waals surface area (Å²) in [6, 6.07) is 13.7. The summed E-state index contributed by atoms with van der Waals surface area (Å²) in [5.41, 5.74) is 1.49. The van der Waals surface area contributed by atoms with Gasteiger partial charge in [-0.3, -0.25) is 9.59 Å². The Hall–Kier alpha value is -3.53. The van der Waals surface area contributed by atoms with E-state index in [9.17, 15) is 9.59 Å². The highest BCUT2D eigenvalue weighted by Gasteiger charge is 2.19. The molecule has 1 heterocycles. The molecular formula is C19H17N3O4. The number of hydrogen-bond donors (Lipinski definition) is 1. The molecule has 0 radical (unpaired) electrons. The van der Waals surface area contributed by atoms with Gasteiger partial charge in [0.1, 0.15) is 19.8 Å². The minimum atomic E-state index is -0.370. The van der Waals surface area contributed by atoms with Gasteiger partial charge in [-0.05, 0) is 30.3 Å². The van der Waals surface area contributed by atoms with Crippen LogP contribution in [0.25, 0.3) is 0 Å². The van der Waals surface area contributed by atoms with Gasteiger partial charge >= 0.3 is 0 Å². The number of rotatable bonds is 4. The van der Waals surface area contributed by atoms with Gasteiger partial charge in [-0.1, -0.05) is 6.07 Å². The molecule has 7 heteroatoms. The van der Waals surface area contributed by atoms with E-state index in [4.69, 9.17) is 14.7 Å². The van der Waals surface area contributed by atoms with E-state index in [1.807, 2.05) is 6.07 Å². The zero-order valence-electron chi connectivity index (χ0n) is 14.2. The maximum absolute atomic E-state index is 12.3. The quantitative estimate of drug-likeness (QED) is 0.913. The number of nitrogens with zero attached hydrogens (tertiary/aromatic N) is 2. The summed E-state index contributed by atoms with van der Waals surface area (Å²) < 4.78 is 11.0. The molecule has 0 spiro atoms. The van der Waals surface area contributed by atoms with E-state index in [0.717, 1.165) is 0 Å². The molecule has 3 rings (SSSR count). The molecule has 7 nitrogen and oxygen atoms in total. The predicted molar refractivity (Wildman–Crippen MR) is 95.2 cm³/mol. The van der Waals surface area contributed by atoms with Gasteiger partial charge in [-0.25, -0.2) is 0 Å². The summed E-state index contributed by atoms with van der Waals surface area (Å²) in [5.74, 6) is 0.510. The van der Waals surface area contributed by atoms with Crippen LogP contribution in [0, 0.1) is 11.3 Å². The number of hydrogen-bond acceptors (Lipinski definition) is 5. The molecule has 1 aliphatic rings. The fourth-order valence-electron chi connectivity index (χ4n) is 2.59. The second-order valence-electron chi connectivity index (χ2n) is 5.67. The molecule has 0 saturated carbocycles. The van der Waals surface area contributed by atoms with Crippen molar-refractivity contribution in [1.82, 2.24) is 0 Å². The second kappa shape index (κ2) is 7.57. The average Bonchev–Trinajstić information content (AvgIpc) is 2.65. The van der Waals surface area contributed by atoms with Crippen LogP contribution in [0.1, 0.15) is 12.5 Å². The topological polar surface area (TPSA) is 91.7 Å². The molecule has 1 aliphatic heterocycles. The lowest BCUT2D eigenvalue weighted by atomic mass is 10.2. The molecule has 0 unspecified atom stereocenters. The van der Waals surface area contributed by atoms with E-state index in [1.165, 1.54) is 11.8 Å². The van der Waals surface area contributed by atoms with Crippen LogP contribution in [0.2, 0.25) is 0 Å². The number of benzene rings is 2. The normalized spacial score (nSPS) is 12.0. The van der Waals surface area contributed by atoms with E-state index in [2.05, 4.69) is 5.32 Å². The molecule has 0 bridgehead atoms. The first-order chi connectivity index (χ1) is 12.6. The van der Waals surface area contributed by atoms with Crippen molar-refractivity contribution >= 4 is 23.2 Å². The van der Waals surface area contributed by atoms with Gasteiger partial charge in [0, 0.05) is 24.4 Å². The van der Waals surface area contributed by atoms with Crippen LogP contribution in [0.3, 0.4) is 0 Å². The van der Waals surface area contributed by atoms with Crippen LogP contribution in [0.4, 0.5) is 11.4 Å². The Morgan fingerprint density at radius 3 is 2.65 bits per heavy atom. The molecule has 0 aliphatic carbocycles. The Bertz CT molecular complexity index is 889. The summed E-state index contributed by atoms with van der Waals surface area (Å²) >= 11 is 0. The second-order valence-corrected chi connectivity index (χ2v) is 5.67. The van der Waals surface area contributed by atoms with Gasteiger partial charge in [0.2, 0.25) is 11.8 Å². The standard InChI is InChI=1S/C19H17N3O4/c1-13(23)22(16-5-6-17-18(10-16)26-8-7-25-17)12-19(24)21-15-4-2-3-14(9-15)11-20/h2-6,9-10H,7-8,12H2,1H3,(H,21,24). The zero-order valence-corrected chi connectivity index (χ0v) is 14.2. The highest BCUT2D eigenvalue weighted by molar-refractivity contribution is 6.02. The van der Waals surface area contributed by atoms with Crippen molar-refractivity contribution in [3.63, 3.8) is 0 Å². The largest absolute Gasteiger partial charge is 0.486 e. The lowest BCUT2D eigenvalue weighted by Crippen LogP contribution is -2.36. The smallest absolute Gasteiger partial charge is 0.244 e. The molecule has 2 aromatic carbocycles. The van der Waals surface area contributed by atoms with Gasteiger partial charge < -0.3 is 19.7 Å². The predicted octanol–water partition coefficient (Wildman–Crippen LogP) is 2.32. The third-order valence-corrected chi connectivity index (χ3v) is 3.79. The maximum atomic E-state index is 12.3. The molecule has 26 heavy (non-hydrogen) atoms. The molecule has 0 atom stereocenters. The van der Waals surface area contributed by atoms with Crippen molar-refractivity contribution in [2.24, 2.45) is 0 Å². The van der Waals surface area contributed by atoms with Crippen LogP contribution >= 0.6 is 0 Å². The maximum Gasteiger partial charge on any atom is 0.244 e. The number of carbonyl (C=O) groups excluding carboxylic acids is 2. The Labute approximate surface area is 150 Å². The van der Waals surface area contributed by atoms with Gasteiger partial charge in [0.15, 0.2) is 11.5 Å². The van der Waals surface area contributed by atoms with Crippen molar-refractivity contribution in [2.45, 2.75) is 6.92 Å². The molecule has 132 valence electrons. The Kier molecular flexibility index (Phi) is 5.04. The number of anilines is 2. The van der Waals surface area contributed by atoms with Crippen LogP contribution in [-0.4, -0.2) is 31.6 Å². The van der Waals surface area contributed by atoms with Crippen LogP contribution in [0.15, 0.2) is 42.5 Å². The van der Waals surface area contributed by atoms with Crippen molar-refractivity contribution < 1.29 is 19.1 Å². The Morgan fingerprint density at radius 2 is 1.92 bits per heavy atom. The van der Waals surface area contributed by atoms with E-state index in [0.29, 0.717) is 41.7 Å². The summed E-state index contributed by atoms with van der Waals surface area (Å²) in [7, 11) is 0. The highest BCUT2D eigenvalue weighted by atomic mass is 16.6. The lowest BCUT2D eigenvalue weighted by molar-refractivity contribution is -0.120. The molecular weight excluding hydrogens is 334 g/mol. The highest BCUT2D eigenvalue weighted by Crippen LogP contribution is 2.34. The third kappa shape index (κ3) is 3.92. The third-order valence-electron chi connectivity index (χ3n) is 3.79. The minimum Gasteiger partial charge on any atom is -0.486 e. The molecule has 2 amide bonds. The molecule has 0 saturated heterocycles. The van der Waals surface area contributed by atoms with Crippen LogP contribution < -0.4 is 19.7 Å². The van der Waals surface area contributed by atoms with Crippen molar-refractivity contribution in [2.75, 3.05) is 30.0 Å². The number of nitrogens with one attached hydrogen (secondary N) is 1. The van der Waals surface area contributed by atoms with E-state index < -0.39 is 0 Å². The molecule has 0 aromatic heterocycles. The van der Waals surface area contributed by atoms with Crippen LogP contribution in [-0.2, 0) is 9.59 Å². The summed E-state index contributed by atoms with van der Waals surface area (Å²) in [6.45, 7) is 2.14. The number of fused-ring (bicyclic) bond motifs is 1. The minimum absolute atomic E-state index is 0.161. The summed E-state index contributed by atoms with van der Waals surface area (Å²) in [5, 5.41) is 11.6. The SMILES string of the molecule is CC(=O)N(CC(=O)Nc1cccc(C#N)c1)c1ccc2c(c1)OCCO2. The summed E-state index contributed by atoms with van der Waals surface area (Å²) in [6.07, 6.45) is 0. The number of carbonyl (C=O) groups is 2. The fourth-order valence-corrected chi connectivity index (χ4v) is 2.59.